The number of rotatable bonds is 1. The van der Waals surface area contributed by atoms with Gasteiger partial charge in [-0.2, -0.15) is 0 Å². The first kappa shape index (κ1) is 15.5. The molecule has 4 fully saturated rings. The Balaban J connectivity index is 1.62. The van der Waals surface area contributed by atoms with Gasteiger partial charge in [0.05, 0.1) is 6.10 Å². The van der Waals surface area contributed by atoms with Crippen LogP contribution in [0.2, 0.25) is 0 Å². The summed E-state index contributed by atoms with van der Waals surface area (Å²) >= 11 is 0. The van der Waals surface area contributed by atoms with Crippen LogP contribution in [0.15, 0.2) is 0 Å². The molecule has 0 amide bonds. The molecule has 1 N–H and O–H groups in total. The molecule has 1 unspecified atom stereocenters. The zero-order valence-corrected chi connectivity index (χ0v) is 15.0. The first-order valence-corrected chi connectivity index (χ1v) is 10.2. The van der Waals surface area contributed by atoms with Crippen LogP contribution in [0.3, 0.4) is 0 Å². The van der Waals surface area contributed by atoms with Crippen molar-refractivity contribution in [2.45, 2.75) is 91.1 Å². The lowest BCUT2D eigenvalue weighted by Gasteiger charge is -2.61. The summed E-state index contributed by atoms with van der Waals surface area (Å²) < 4.78 is 0. The molecule has 4 aliphatic carbocycles. The van der Waals surface area contributed by atoms with Gasteiger partial charge >= 0.3 is 0 Å². The highest BCUT2D eigenvalue weighted by molar-refractivity contribution is 5.09. The number of hydrogen-bond acceptors (Lipinski definition) is 1. The fourth-order valence-corrected chi connectivity index (χ4v) is 8.11. The lowest BCUT2D eigenvalue weighted by Crippen LogP contribution is -2.54. The second kappa shape index (κ2) is 5.23. The highest BCUT2D eigenvalue weighted by atomic mass is 16.3. The monoisotopic (exact) mass is 304 g/mol. The van der Waals surface area contributed by atoms with E-state index in [1.807, 2.05) is 0 Å². The fourth-order valence-electron chi connectivity index (χ4n) is 8.11. The Hall–Kier alpha value is -0.0400. The topological polar surface area (TPSA) is 20.2 Å². The van der Waals surface area contributed by atoms with Gasteiger partial charge in [-0.1, -0.05) is 27.2 Å². The molecule has 22 heavy (non-hydrogen) atoms. The number of hydrogen-bond donors (Lipinski definition) is 1. The lowest BCUT2D eigenvalue weighted by atomic mass is 9.44. The predicted molar refractivity (Wildman–Crippen MR) is 91.5 cm³/mol. The summed E-state index contributed by atoms with van der Waals surface area (Å²) in [7, 11) is 0. The number of aliphatic hydroxyl groups is 1. The van der Waals surface area contributed by atoms with Gasteiger partial charge in [0.1, 0.15) is 0 Å². The van der Waals surface area contributed by atoms with Gasteiger partial charge in [0.2, 0.25) is 0 Å². The maximum Gasteiger partial charge on any atom is 0.0545 e. The Bertz CT molecular complexity index is 432. The van der Waals surface area contributed by atoms with E-state index in [0.717, 1.165) is 42.4 Å². The van der Waals surface area contributed by atoms with Crippen LogP contribution in [-0.2, 0) is 0 Å². The summed E-state index contributed by atoms with van der Waals surface area (Å²) in [6.45, 7) is 7.62. The van der Waals surface area contributed by atoms with E-state index < -0.39 is 0 Å². The van der Waals surface area contributed by atoms with Crippen LogP contribution >= 0.6 is 0 Å². The van der Waals surface area contributed by atoms with E-state index in [4.69, 9.17) is 0 Å². The van der Waals surface area contributed by atoms with E-state index in [9.17, 15) is 5.11 Å². The van der Waals surface area contributed by atoms with E-state index in [-0.39, 0.29) is 6.10 Å². The van der Waals surface area contributed by atoms with Gasteiger partial charge in [0.25, 0.3) is 0 Å². The first-order valence-electron chi connectivity index (χ1n) is 10.2. The second-order valence-corrected chi connectivity index (χ2v) is 9.82. The first-order chi connectivity index (χ1) is 10.5. The molecule has 0 aromatic heterocycles. The normalized spacial score (nSPS) is 57.8. The summed E-state index contributed by atoms with van der Waals surface area (Å²) in [6, 6.07) is 0. The molecule has 0 aliphatic heterocycles. The molecule has 4 aliphatic rings. The average molecular weight is 305 g/mol. The van der Waals surface area contributed by atoms with Crippen molar-refractivity contribution < 1.29 is 5.11 Å². The van der Waals surface area contributed by atoms with Gasteiger partial charge < -0.3 is 5.11 Å². The Kier molecular flexibility index (Phi) is 3.68. The van der Waals surface area contributed by atoms with Gasteiger partial charge in [-0.3, -0.25) is 0 Å². The molecule has 126 valence electrons. The minimum atomic E-state index is -0.0136. The molecule has 0 aromatic rings. The third-order valence-electron chi connectivity index (χ3n) is 9.28. The third-order valence-corrected chi connectivity index (χ3v) is 9.28. The standard InChI is InChI=1S/C21H36O/c1-4-14-7-10-18-17-9-6-15-5-8-16(22)13-21(15,3)19(17)11-12-20(14,18)2/h14-19,22H,4-13H2,1-3H3/t14-,15+,16?,17-,18-,19-,20+,21-/m0/s1. The molecule has 0 aromatic carbocycles. The Labute approximate surface area is 137 Å². The molecular weight excluding hydrogens is 268 g/mol. The summed E-state index contributed by atoms with van der Waals surface area (Å²) in [5.74, 6) is 4.77. The van der Waals surface area contributed by atoms with Gasteiger partial charge in [0, 0.05) is 0 Å². The van der Waals surface area contributed by atoms with Crippen LogP contribution in [0.5, 0.6) is 0 Å². The molecule has 0 saturated heterocycles. The van der Waals surface area contributed by atoms with Crippen molar-refractivity contribution in [1.29, 1.82) is 0 Å². The van der Waals surface area contributed by atoms with Gasteiger partial charge in [-0.25, -0.2) is 0 Å². The van der Waals surface area contributed by atoms with E-state index in [1.54, 1.807) is 0 Å². The highest BCUT2D eigenvalue weighted by Gasteiger charge is 2.59. The zero-order valence-electron chi connectivity index (χ0n) is 15.0. The van der Waals surface area contributed by atoms with Crippen LogP contribution in [0.1, 0.15) is 85.0 Å². The molecule has 0 heterocycles. The summed E-state index contributed by atoms with van der Waals surface area (Å²) in [5.41, 5.74) is 1.10. The SMILES string of the molecule is CC[C@H]1CC[C@H]2[C@@H]3CC[C@H]4CCC(O)C[C@]4(C)[C@H]3CC[C@]12C. The van der Waals surface area contributed by atoms with Crippen molar-refractivity contribution >= 4 is 0 Å². The summed E-state index contributed by atoms with van der Waals surface area (Å²) in [4.78, 5) is 0. The Morgan fingerprint density at radius 2 is 1.59 bits per heavy atom. The summed E-state index contributed by atoms with van der Waals surface area (Å²) in [5, 5.41) is 10.3. The maximum absolute atomic E-state index is 10.3. The van der Waals surface area contributed by atoms with Gasteiger partial charge in [-0.05, 0) is 98.2 Å². The van der Waals surface area contributed by atoms with Crippen molar-refractivity contribution in [2.75, 3.05) is 0 Å². The molecule has 0 spiro atoms. The lowest BCUT2D eigenvalue weighted by molar-refractivity contribution is -0.130. The quantitative estimate of drug-likeness (QED) is 0.686. The molecular formula is C21H36O. The van der Waals surface area contributed by atoms with Gasteiger partial charge in [0.15, 0.2) is 0 Å². The van der Waals surface area contributed by atoms with Crippen molar-refractivity contribution in [3.63, 3.8) is 0 Å². The van der Waals surface area contributed by atoms with Crippen LogP contribution in [0.25, 0.3) is 0 Å². The van der Waals surface area contributed by atoms with Crippen molar-refractivity contribution in [3.8, 4) is 0 Å². The van der Waals surface area contributed by atoms with Crippen LogP contribution in [-0.4, -0.2) is 11.2 Å². The predicted octanol–water partition coefficient (Wildman–Crippen LogP) is 5.42. The fraction of sp³-hybridized carbons (Fsp3) is 1.00. The highest BCUT2D eigenvalue weighted by Crippen LogP contribution is 2.67. The number of fused-ring (bicyclic) bond motifs is 5. The molecule has 0 radical (unpaired) electrons. The van der Waals surface area contributed by atoms with E-state index in [0.29, 0.717) is 10.8 Å². The van der Waals surface area contributed by atoms with Gasteiger partial charge in [-0.15, -0.1) is 0 Å². The van der Waals surface area contributed by atoms with Crippen LogP contribution in [0, 0.1) is 40.4 Å². The molecule has 4 rings (SSSR count). The van der Waals surface area contributed by atoms with E-state index >= 15 is 0 Å². The maximum atomic E-state index is 10.3. The molecule has 8 atom stereocenters. The largest absolute Gasteiger partial charge is 0.393 e. The Morgan fingerprint density at radius 1 is 0.864 bits per heavy atom. The van der Waals surface area contributed by atoms with Crippen molar-refractivity contribution in [1.82, 2.24) is 0 Å². The average Bonchev–Trinajstić information content (AvgIpc) is 2.82. The Morgan fingerprint density at radius 3 is 2.36 bits per heavy atom. The minimum Gasteiger partial charge on any atom is -0.393 e. The van der Waals surface area contributed by atoms with Crippen molar-refractivity contribution in [3.05, 3.63) is 0 Å². The molecule has 1 nitrogen and oxygen atoms in total. The smallest absolute Gasteiger partial charge is 0.0545 e. The summed E-state index contributed by atoms with van der Waals surface area (Å²) in [6.07, 6.45) is 13.7. The number of aliphatic hydroxyl groups excluding tert-OH is 1. The molecule has 1 heteroatoms. The third kappa shape index (κ3) is 2.00. The minimum absolute atomic E-state index is 0.0136. The van der Waals surface area contributed by atoms with E-state index in [1.165, 1.54) is 51.4 Å². The van der Waals surface area contributed by atoms with Crippen LogP contribution < -0.4 is 0 Å². The molecule has 0 bridgehead atoms. The van der Waals surface area contributed by atoms with Crippen LogP contribution in [0.4, 0.5) is 0 Å². The second-order valence-electron chi connectivity index (χ2n) is 9.82. The van der Waals surface area contributed by atoms with Crippen molar-refractivity contribution in [2.24, 2.45) is 40.4 Å². The van der Waals surface area contributed by atoms with E-state index in [2.05, 4.69) is 20.8 Å². The molecule has 4 saturated carbocycles. The zero-order chi connectivity index (χ0) is 15.5.